The molecule has 0 unspecified atom stereocenters. The molecule has 4 aromatic heterocycles. The fourth-order valence-corrected chi connectivity index (χ4v) is 4.41. The summed E-state index contributed by atoms with van der Waals surface area (Å²) in [7, 11) is 0. The fraction of sp³-hybridized carbons (Fsp3) is 0.417. The molecule has 1 amide bonds. The smallest absolute Gasteiger partial charge is 0.417 e. The van der Waals surface area contributed by atoms with Crippen LogP contribution in [0.3, 0.4) is 0 Å². The molecule has 4 aromatic rings. The maximum atomic E-state index is 13.4. The lowest BCUT2D eigenvalue weighted by Gasteiger charge is -2.33. The van der Waals surface area contributed by atoms with Crippen molar-refractivity contribution in [3.63, 3.8) is 0 Å². The average molecular weight is 531 g/mol. The van der Waals surface area contributed by atoms with Crippen LogP contribution < -0.4 is 5.56 Å². The molecule has 14 heteroatoms. The highest BCUT2D eigenvalue weighted by molar-refractivity contribution is 5.73. The Morgan fingerprint density at radius 3 is 2.58 bits per heavy atom. The Morgan fingerprint density at radius 2 is 1.89 bits per heavy atom. The SMILES string of the molecule is CC(C)(C)OC(=O)N1CCC(c2cc(=O)[nH]c3c(-c4nc(-c5cnccc5C(F)(F)F)no4)cnn23)CC1. The molecule has 5 rings (SSSR count). The summed E-state index contributed by atoms with van der Waals surface area (Å²) < 4.78 is 52.5. The van der Waals surface area contributed by atoms with Gasteiger partial charge in [0.2, 0.25) is 5.82 Å². The summed E-state index contributed by atoms with van der Waals surface area (Å²) in [6.45, 7) is 6.30. The van der Waals surface area contributed by atoms with E-state index in [9.17, 15) is 22.8 Å². The normalized spacial score (nSPS) is 15.3. The minimum Gasteiger partial charge on any atom is -0.444 e. The van der Waals surface area contributed by atoms with Crippen LogP contribution in [0.5, 0.6) is 0 Å². The van der Waals surface area contributed by atoms with Gasteiger partial charge in [-0.05, 0) is 39.7 Å². The van der Waals surface area contributed by atoms with Crippen LogP contribution in [0.4, 0.5) is 18.0 Å². The van der Waals surface area contributed by atoms with E-state index < -0.39 is 22.9 Å². The van der Waals surface area contributed by atoms with E-state index in [2.05, 4.69) is 25.2 Å². The number of carbonyl (C=O) groups excluding carboxylic acids is 1. The maximum absolute atomic E-state index is 13.4. The highest BCUT2D eigenvalue weighted by Crippen LogP contribution is 2.36. The number of H-pyrrole nitrogens is 1. The Hall–Kier alpha value is -4.23. The molecule has 0 bridgehead atoms. The number of piperidine rings is 1. The van der Waals surface area contributed by atoms with E-state index >= 15 is 0 Å². The zero-order chi connectivity index (χ0) is 27.2. The largest absolute Gasteiger partial charge is 0.444 e. The van der Waals surface area contributed by atoms with Crippen molar-refractivity contribution in [1.29, 1.82) is 0 Å². The minimum atomic E-state index is -4.64. The van der Waals surface area contributed by atoms with E-state index in [1.165, 1.54) is 12.3 Å². The third-order valence-corrected chi connectivity index (χ3v) is 6.12. The number of rotatable bonds is 3. The van der Waals surface area contributed by atoms with Crippen molar-refractivity contribution < 1.29 is 27.2 Å². The van der Waals surface area contributed by atoms with Crippen LogP contribution in [0, 0.1) is 0 Å². The van der Waals surface area contributed by atoms with Gasteiger partial charge >= 0.3 is 12.3 Å². The van der Waals surface area contributed by atoms with Gasteiger partial charge in [-0.2, -0.15) is 23.3 Å². The fourth-order valence-electron chi connectivity index (χ4n) is 4.41. The lowest BCUT2D eigenvalue weighted by molar-refractivity contribution is -0.137. The van der Waals surface area contributed by atoms with E-state index in [-0.39, 0.29) is 40.5 Å². The number of hydrogen-bond donors (Lipinski definition) is 1. The number of aromatic nitrogens is 6. The predicted octanol–water partition coefficient (Wildman–Crippen LogP) is 4.27. The first-order valence-electron chi connectivity index (χ1n) is 11.9. The zero-order valence-corrected chi connectivity index (χ0v) is 20.7. The molecule has 0 spiro atoms. The standard InChI is InChI=1S/C24H24F3N7O4/c1-23(2,3)37-22(36)33-8-5-13(6-9-33)17-10-18(35)30-20-15(12-29-34(17)20)21-31-19(32-38-21)14-11-28-7-4-16(14)24(25,26)27/h4,7,10-13H,5-6,8-9H2,1-3H3,(H,30,35). The molecule has 5 heterocycles. The zero-order valence-electron chi connectivity index (χ0n) is 20.7. The van der Waals surface area contributed by atoms with Gasteiger partial charge in [-0.3, -0.25) is 9.78 Å². The van der Waals surface area contributed by atoms with Crippen molar-refractivity contribution in [1.82, 2.24) is 34.6 Å². The van der Waals surface area contributed by atoms with Gasteiger partial charge in [-0.25, -0.2) is 9.31 Å². The van der Waals surface area contributed by atoms with Gasteiger partial charge < -0.3 is 19.1 Å². The highest BCUT2D eigenvalue weighted by atomic mass is 19.4. The highest BCUT2D eigenvalue weighted by Gasteiger charge is 2.35. The predicted molar refractivity (Wildman–Crippen MR) is 127 cm³/mol. The van der Waals surface area contributed by atoms with Crippen LogP contribution in [-0.2, 0) is 10.9 Å². The van der Waals surface area contributed by atoms with Crippen LogP contribution in [0.25, 0.3) is 28.5 Å². The molecular weight excluding hydrogens is 507 g/mol. The van der Waals surface area contributed by atoms with Crippen molar-refractivity contribution in [2.45, 2.75) is 51.3 Å². The summed E-state index contributed by atoms with van der Waals surface area (Å²) in [6.07, 6.45) is -0.418. The molecule has 0 radical (unpaired) electrons. The number of nitrogens with zero attached hydrogens (tertiary/aromatic N) is 6. The first-order chi connectivity index (χ1) is 17.9. The topological polar surface area (TPSA) is 132 Å². The summed E-state index contributed by atoms with van der Waals surface area (Å²) >= 11 is 0. The van der Waals surface area contributed by atoms with Crippen LogP contribution in [0.2, 0.25) is 0 Å². The van der Waals surface area contributed by atoms with Gasteiger partial charge in [0.1, 0.15) is 16.8 Å². The lowest BCUT2D eigenvalue weighted by atomic mass is 9.93. The van der Waals surface area contributed by atoms with E-state index in [1.54, 1.807) is 30.2 Å². The van der Waals surface area contributed by atoms with E-state index in [4.69, 9.17) is 9.26 Å². The second kappa shape index (κ2) is 9.26. The molecular formula is C24H24F3N7O4. The number of pyridine rings is 1. The molecule has 0 saturated carbocycles. The summed E-state index contributed by atoms with van der Waals surface area (Å²) in [6, 6.07) is 2.28. The number of fused-ring (bicyclic) bond motifs is 1. The number of ether oxygens (including phenoxy) is 1. The number of amides is 1. The lowest BCUT2D eigenvalue weighted by Crippen LogP contribution is -2.41. The van der Waals surface area contributed by atoms with Crippen LogP contribution in [0.15, 0.2) is 40.0 Å². The third kappa shape index (κ3) is 4.97. The number of likely N-dealkylation sites (tertiary alicyclic amines) is 1. The van der Waals surface area contributed by atoms with Gasteiger partial charge in [0, 0.05) is 37.5 Å². The maximum Gasteiger partial charge on any atom is 0.417 e. The molecule has 1 saturated heterocycles. The molecule has 1 aliphatic heterocycles. The summed E-state index contributed by atoms with van der Waals surface area (Å²) in [4.78, 5) is 37.2. The minimum absolute atomic E-state index is 0.0748. The van der Waals surface area contributed by atoms with Crippen LogP contribution in [-0.4, -0.2) is 59.4 Å². The molecule has 1 fully saturated rings. The Labute approximate surface area is 213 Å². The van der Waals surface area contributed by atoms with E-state index in [0.717, 1.165) is 18.5 Å². The van der Waals surface area contributed by atoms with Crippen LogP contribution >= 0.6 is 0 Å². The molecule has 38 heavy (non-hydrogen) atoms. The number of aromatic amines is 1. The molecule has 0 aromatic carbocycles. The molecule has 200 valence electrons. The van der Waals surface area contributed by atoms with Gasteiger partial charge in [0.15, 0.2) is 0 Å². The van der Waals surface area contributed by atoms with Gasteiger partial charge in [-0.1, -0.05) is 5.16 Å². The molecule has 1 N–H and O–H groups in total. The monoisotopic (exact) mass is 531 g/mol. The van der Waals surface area contributed by atoms with E-state index in [1.807, 2.05) is 0 Å². The van der Waals surface area contributed by atoms with Gasteiger partial charge in [-0.15, -0.1) is 0 Å². The number of hydrogen-bond acceptors (Lipinski definition) is 8. The van der Waals surface area contributed by atoms with Crippen LogP contribution in [0.1, 0.15) is 50.8 Å². The Bertz CT molecular complexity index is 1540. The Kier molecular flexibility index (Phi) is 6.19. The summed E-state index contributed by atoms with van der Waals surface area (Å²) in [5.41, 5.74) is -1.13. The summed E-state index contributed by atoms with van der Waals surface area (Å²) in [5, 5.41) is 8.08. The molecule has 0 aliphatic carbocycles. The Balaban J connectivity index is 1.43. The van der Waals surface area contributed by atoms with Crippen molar-refractivity contribution in [2.75, 3.05) is 13.1 Å². The van der Waals surface area contributed by atoms with Crippen molar-refractivity contribution >= 4 is 11.7 Å². The van der Waals surface area contributed by atoms with Crippen molar-refractivity contribution in [3.05, 3.63) is 52.3 Å². The average Bonchev–Trinajstić information content (AvgIpc) is 3.49. The first kappa shape index (κ1) is 25.4. The third-order valence-electron chi connectivity index (χ3n) is 6.12. The number of carbonyl (C=O) groups is 1. The first-order valence-corrected chi connectivity index (χ1v) is 11.9. The van der Waals surface area contributed by atoms with Gasteiger partial charge in [0.05, 0.1) is 23.0 Å². The quantitative estimate of drug-likeness (QED) is 0.415. The van der Waals surface area contributed by atoms with Gasteiger partial charge in [0.25, 0.3) is 11.4 Å². The second-order valence-electron chi connectivity index (χ2n) is 9.96. The number of nitrogens with one attached hydrogen (secondary N) is 1. The molecule has 1 aliphatic rings. The molecule has 11 nitrogen and oxygen atoms in total. The summed E-state index contributed by atoms with van der Waals surface area (Å²) in [5.74, 6) is -0.485. The Morgan fingerprint density at radius 1 is 1.16 bits per heavy atom. The van der Waals surface area contributed by atoms with Crippen molar-refractivity contribution in [2.24, 2.45) is 0 Å². The van der Waals surface area contributed by atoms with Crippen molar-refractivity contribution in [3.8, 4) is 22.8 Å². The molecule has 0 atom stereocenters. The second-order valence-corrected chi connectivity index (χ2v) is 9.96. The number of alkyl halides is 3. The number of halogens is 3. The van der Waals surface area contributed by atoms with E-state index in [0.29, 0.717) is 31.6 Å².